The van der Waals surface area contributed by atoms with Gasteiger partial charge in [0.25, 0.3) is 0 Å². The molecular formula is C21H21N3O2S. The Balaban J connectivity index is 1.57. The lowest BCUT2D eigenvalue weighted by molar-refractivity contribution is 0.0985. The van der Waals surface area contributed by atoms with E-state index >= 15 is 0 Å². The molecule has 3 aromatic rings. The molecule has 0 bridgehead atoms. The SMILES string of the molecule is O=C1CCCC(c2ccc3ccncc3c2)c2nc(N3CCOCC3)sc21. The van der Waals surface area contributed by atoms with Crippen molar-refractivity contribution in [2.24, 2.45) is 0 Å². The first-order valence-corrected chi connectivity index (χ1v) is 10.3. The number of hydrogen-bond acceptors (Lipinski definition) is 6. The van der Waals surface area contributed by atoms with Crippen LogP contribution in [0.25, 0.3) is 10.8 Å². The number of pyridine rings is 1. The van der Waals surface area contributed by atoms with Crippen LogP contribution in [0, 0.1) is 0 Å². The van der Waals surface area contributed by atoms with E-state index in [4.69, 9.17) is 9.72 Å². The van der Waals surface area contributed by atoms with Gasteiger partial charge in [0.2, 0.25) is 0 Å². The highest BCUT2D eigenvalue weighted by Crippen LogP contribution is 2.40. The number of carbonyl (C=O) groups excluding carboxylic acids is 1. The molecule has 1 unspecified atom stereocenters. The van der Waals surface area contributed by atoms with Crippen LogP contribution >= 0.6 is 11.3 Å². The third-order valence-corrected chi connectivity index (χ3v) is 6.64. The Kier molecular flexibility index (Phi) is 4.38. The molecule has 1 aliphatic heterocycles. The number of fused-ring (bicyclic) bond motifs is 2. The minimum atomic E-state index is 0.169. The van der Waals surface area contributed by atoms with Gasteiger partial charge in [-0.2, -0.15) is 0 Å². The summed E-state index contributed by atoms with van der Waals surface area (Å²) in [5.41, 5.74) is 2.19. The second-order valence-corrected chi connectivity index (χ2v) is 8.14. The normalized spacial score (nSPS) is 20.5. The number of rotatable bonds is 2. The summed E-state index contributed by atoms with van der Waals surface area (Å²) in [5, 5.41) is 3.28. The Morgan fingerprint density at radius 3 is 2.93 bits per heavy atom. The van der Waals surface area contributed by atoms with Gasteiger partial charge in [0, 0.05) is 43.2 Å². The van der Waals surface area contributed by atoms with Gasteiger partial charge in [0.15, 0.2) is 10.9 Å². The van der Waals surface area contributed by atoms with Crippen molar-refractivity contribution < 1.29 is 9.53 Å². The number of thiazole rings is 1. The number of aromatic nitrogens is 2. The number of morpholine rings is 1. The van der Waals surface area contributed by atoms with Crippen molar-refractivity contribution in [3.05, 3.63) is 52.8 Å². The van der Waals surface area contributed by atoms with Gasteiger partial charge in [-0.3, -0.25) is 9.78 Å². The summed E-state index contributed by atoms with van der Waals surface area (Å²) in [7, 11) is 0. The largest absolute Gasteiger partial charge is 0.378 e. The van der Waals surface area contributed by atoms with Crippen molar-refractivity contribution in [1.29, 1.82) is 0 Å². The van der Waals surface area contributed by atoms with E-state index in [0.29, 0.717) is 6.42 Å². The Hall–Kier alpha value is -2.31. The van der Waals surface area contributed by atoms with Crippen molar-refractivity contribution in [3.8, 4) is 0 Å². The second-order valence-electron chi connectivity index (χ2n) is 7.16. The monoisotopic (exact) mass is 379 g/mol. The molecule has 1 fully saturated rings. The Labute approximate surface area is 162 Å². The number of ketones is 1. The lowest BCUT2D eigenvalue weighted by Gasteiger charge is -2.26. The van der Waals surface area contributed by atoms with Gasteiger partial charge < -0.3 is 9.64 Å². The van der Waals surface area contributed by atoms with E-state index in [0.717, 1.165) is 60.2 Å². The highest BCUT2D eigenvalue weighted by Gasteiger charge is 2.30. The smallest absolute Gasteiger partial charge is 0.186 e. The molecule has 2 aromatic heterocycles. The molecule has 0 saturated carbocycles. The zero-order chi connectivity index (χ0) is 18.2. The minimum Gasteiger partial charge on any atom is -0.378 e. The molecular weight excluding hydrogens is 358 g/mol. The first-order chi connectivity index (χ1) is 13.3. The predicted octanol–water partition coefficient (Wildman–Crippen LogP) is 4.03. The number of benzene rings is 1. The van der Waals surface area contributed by atoms with Gasteiger partial charge in [-0.25, -0.2) is 4.98 Å². The average Bonchev–Trinajstić information content (AvgIpc) is 3.10. The van der Waals surface area contributed by atoms with Gasteiger partial charge in [-0.05, 0) is 35.9 Å². The molecule has 6 heteroatoms. The summed E-state index contributed by atoms with van der Waals surface area (Å²) >= 11 is 1.56. The first-order valence-electron chi connectivity index (χ1n) is 9.50. The van der Waals surface area contributed by atoms with Crippen molar-refractivity contribution in [3.63, 3.8) is 0 Å². The number of anilines is 1. The second kappa shape index (κ2) is 7.02. The van der Waals surface area contributed by atoms with Crippen molar-refractivity contribution in [2.75, 3.05) is 31.2 Å². The maximum atomic E-state index is 12.7. The molecule has 1 aliphatic carbocycles. The van der Waals surface area contributed by atoms with E-state index in [-0.39, 0.29) is 11.7 Å². The third kappa shape index (κ3) is 3.13. The van der Waals surface area contributed by atoms with Crippen LogP contribution in [0.4, 0.5) is 5.13 Å². The number of hydrogen-bond donors (Lipinski definition) is 0. The van der Waals surface area contributed by atoms with E-state index in [1.165, 1.54) is 10.9 Å². The molecule has 1 saturated heterocycles. The lowest BCUT2D eigenvalue weighted by Crippen LogP contribution is -2.36. The van der Waals surface area contributed by atoms with Gasteiger partial charge in [-0.15, -0.1) is 0 Å². The molecule has 1 atom stereocenters. The zero-order valence-electron chi connectivity index (χ0n) is 15.1. The molecule has 27 heavy (non-hydrogen) atoms. The topological polar surface area (TPSA) is 55.3 Å². The van der Waals surface area contributed by atoms with Crippen molar-refractivity contribution in [2.45, 2.75) is 25.2 Å². The fourth-order valence-corrected chi connectivity index (χ4v) is 5.15. The van der Waals surface area contributed by atoms with E-state index in [1.807, 2.05) is 18.5 Å². The summed E-state index contributed by atoms with van der Waals surface area (Å²) in [6, 6.07) is 8.56. The molecule has 0 spiro atoms. The zero-order valence-corrected chi connectivity index (χ0v) is 15.9. The molecule has 1 aromatic carbocycles. The summed E-state index contributed by atoms with van der Waals surface area (Å²) in [4.78, 5) is 25.0. The third-order valence-electron chi connectivity index (χ3n) is 5.47. The van der Waals surface area contributed by atoms with Crippen LogP contribution in [-0.2, 0) is 4.74 Å². The molecule has 0 radical (unpaired) electrons. The fraction of sp³-hybridized carbons (Fsp3) is 0.381. The van der Waals surface area contributed by atoms with Crippen molar-refractivity contribution in [1.82, 2.24) is 9.97 Å². The Bertz CT molecular complexity index is 994. The van der Waals surface area contributed by atoms with E-state index in [2.05, 4.69) is 28.1 Å². The van der Waals surface area contributed by atoms with E-state index < -0.39 is 0 Å². The number of nitrogens with zero attached hydrogens (tertiary/aromatic N) is 3. The molecule has 0 N–H and O–H groups in total. The maximum Gasteiger partial charge on any atom is 0.186 e. The molecule has 0 amide bonds. The van der Waals surface area contributed by atoms with Gasteiger partial charge in [0.1, 0.15) is 0 Å². The number of carbonyl (C=O) groups is 1. The van der Waals surface area contributed by atoms with Crippen LogP contribution in [0.15, 0.2) is 36.7 Å². The van der Waals surface area contributed by atoms with Crippen LogP contribution < -0.4 is 4.90 Å². The Morgan fingerprint density at radius 1 is 1.15 bits per heavy atom. The van der Waals surface area contributed by atoms with Gasteiger partial charge >= 0.3 is 0 Å². The summed E-state index contributed by atoms with van der Waals surface area (Å²) < 4.78 is 5.46. The molecule has 138 valence electrons. The maximum absolute atomic E-state index is 12.7. The van der Waals surface area contributed by atoms with Crippen LogP contribution in [0.1, 0.15) is 46.1 Å². The van der Waals surface area contributed by atoms with Gasteiger partial charge in [-0.1, -0.05) is 23.5 Å². The number of Topliss-reactive ketones (excluding diaryl/α,β-unsaturated/α-hetero) is 1. The highest BCUT2D eigenvalue weighted by molar-refractivity contribution is 7.17. The fourth-order valence-electron chi connectivity index (χ4n) is 4.01. The minimum absolute atomic E-state index is 0.169. The number of ether oxygens (including phenoxy) is 1. The van der Waals surface area contributed by atoms with E-state index in [9.17, 15) is 4.79 Å². The molecule has 3 heterocycles. The Morgan fingerprint density at radius 2 is 2.04 bits per heavy atom. The molecule has 5 nitrogen and oxygen atoms in total. The quantitative estimate of drug-likeness (QED) is 0.629. The van der Waals surface area contributed by atoms with Crippen molar-refractivity contribution >= 4 is 33.0 Å². The molecule has 2 aliphatic rings. The summed E-state index contributed by atoms with van der Waals surface area (Å²) in [6.07, 6.45) is 6.20. The summed E-state index contributed by atoms with van der Waals surface area (Å²) in [5.74, 6) is 0.411. The summed E-state index contributed by atoms with van der Waals surface area (Å²) in [6.45, 7) is 3.12. The van der Waals surface area contributed by atoms with Crippen LogP contribution in [-0.4, -0.2) is 42.1 Å². The van der Waals surface area contributed by atoms with Crippen LogP contribution in [0.3, 0.4) is 0 Å². The average molecular weight is 379 g/mol. The highest BCUT2D eigenvalue weighted by atomic mass is 32.1. The first kappa shape index (κ1) is 16.8. The van der Waals surface area contributed by atoms with Crippen LogP contribution in [0.5, 0.6) is 0 Å². The lowest BCUT2D eigenvalue weighted by atomic mass is 9.91. The van der Waals surface area contributed by atoms with Crippen LogP contribution in [0.2, 0.25) is 0 Å². The standard InChI is InChI=1S/C21H21N3O2S/c25-18-3-1-2-17(15-5-4-14-6-7-22-13-16(14)12-15)19-20(18)27-21(23-19)24-8-10-26-11-9-24/h4-7,12-13,17H,1-3,8-11H2. The molecule has 5 rings (SSSR count). The van der Waals surface area contributed by atoms with E-state index in [1.54, 1.807) is 11.3 Å². The van der Waals surface area contributed by atoms with Gasteiger partial charge in [0.05, 0.1) is 23.8 Å². The predicted molar refractivity (Wildman–Crippen MR) is 107 cm³/mol.